The maximum Gasteiger partial charge on any atom is 0.128 e. The third-order valence-electron chi connectivity index (χ3n) is 3.72. The van der Waals surface area contributed by atoms with Crippen molar-refractivity contribution in [2.75, 3.05) is 11.1 Å². The summed E-state index contributed by atoms with van der Waals surface area (Å²) < 4.78 is 13.3. The first-order chi connectivity index (χ1) is 8.00. The summed E-state index contributed by atoms with van der Waals surface area (Å²) >= 11 is 0. The molecule has 1 saturated carbocycles. The minimum atomic E-state index is -0.234. The van der Waals surface area contributed by atoms with Crippen molar-refractivity contribution < 1.29 is 4.39 Å². The lowest BCUT2D eigenvalue weighted by atomic mass is 9.83. The van der Waals surface area contributed by atoms with Gasteiger partial charge in [-0.1, -0.05) is 19.3 Å². The third kappa shape index (κ3) is 2.71. The molecule has 0 saturated heterocycles. The molecule has 3 N–H and O–H groups in total. The van der Waals surface area contributed by atoms with E-state index < -0.39 is 0 Å². The average Bonchev–Trinajstić information content (AvgIpc) is 2.26. The van der Waals surface area contributed by atoms with E-state index in [1.165, 1.54) is 25.3 Å². The maximum atomic E-state index is 13.3. The first kappa shape index (κ1) is 12.2. The Morgan fingerprint density at radius 3 is 2.53 bits per heavy atom. The Hall–Kier alpha value is -1.25. The molecule has 2 rings (SSSR count). The molecule has 3 heteroatoms. The predicted molar refractivity (Wildman–Crippen MR) is 70.7 cm³/mol. The van der Waals surface area contributed by atoms with E-state index in [1.54, 1.807) is 6.92 Å². The smallest absolute Gasteiger partial charge is 0.128 e. The van der Waals surface area contributed by atoms with Gasteiger partial charge in [-0.15, -0.1) is 0 Å². The van der Waals surface area contributed by atoms with Crippen LogP contribution in [0.2, 0.25) is 0 Å². The Balaban J connectivity index is 2.20. The molecule has 1 fully saturated rings. The third-order valence-corrected chi connectivity index (χ3v) is 3.72. The summed E-state index contributed by atoms with van der Waals surface area (Å²) in [6.07, 6.45) is 6.13. The summed E-state index contributed by atoms with van der Waals surface area (Å²) in [7, 11) is 0. The Labute approximate surface area is 102 Å². The summed E-state index contributed by atoms with van der Waals surface area (Å²) in [5.41, 5.74) is 7.98. The number of halogens is 1. The molecule has 0 aliphatic heterocycles. The lowest BCUT2D eigenvalue weighted by Gasteiger charge is -2.36. The Kier molecular flexibility index (Phi) is 3.27. The van der Waals surface area contributed by atoms with Crippen LogP contribution in [0.15, 0.2) is 12.1 Å². The van der Waals surface area contributed by atoms with Crippen molar-refractivity contribution in [2.24, 2.45) is 0 Å². The molecule has 0 unspecified atom stereocenters. The molecule has 0 atom stereocenters. The van der Waals surface area contributed by atoms with Crippen LogP contribution >= 0.6 is 0 Å². The van der Waals surface area contributed by atoms with Gasteiger partial charge in [0.25, 0.3) is 0 Å². The average molecular weight is 236 g/mol. The molecule has 94 valence electrons. The maximum absolute atomic E-state index is 13.3. The Morgan fingerprint density at radius 2 is 1.88 bits per heavy atom. The largest absolute Gasteiger partial charge is 0.397 e. The van der Waals surface area contributed by atoms with Crippen LogP contribution in [0, 0.1) is 12.7 Å². The van der Waals surface area contributed by atoms with Crippen LogP contribution in [0.5, 0.6) is 0 Å². The fourth-order valence-corrected chi connectivity index (χ4v) is 2.59. The molecular formula is C14H21FN2. The van der Waals surface area contributed by atoms with Gasteiger partial charge in [0.1, 0.15) is 5.82 Å². The van der Waals surface area contributed by atoms with Gasteiger partial charge in [0.15, 0.2) is 0 Å². The molecule has 0 radical (unpaired) electrons. The van der Waals surface area contributed by atoms with Gasteiger partial charge in [-0.3, -0.25) is 0 Å². The summed E-state index contributed by atoms with van der Waals surface area (Å²) in [5.74, 6) is -0.234. The number of nitrogens with one attached hydrogen (secondary N) is 1. The van der Waals surface area contributed by atoms with E-state index in [0.717, 1.165) is 18.5 Å². The van der Waals surface area contributed by atoms with Crippen LogP contribution in [-0.2, 0) is 0 Å². The molecular weight excluding hydrogens is 215 g/mol. The summed E-state index contributed by atoms with van der Waals surface area (Å²) in [6.45, 7) is 3.99. The van der Waals surface area contributed by atoms with Crippen LogP contribution in [0.3, 0.4) is 0 Å². The van der Waals surface area contributed by atoms with E-state index in [0.29, 0.717) is 11.3 Å². The van der Waals surface area contributed by atoms with Crippen molar-refractivity contribution in [3.8, 4) is 0 Å². The molecule has 0 aromatic heterocycles. The van der Waals surface area contributed by atoms with E-state index in [-0.39, 0.29) is 11.4 Å². The zero-order chi connectivity index (χ0) is 12.5. The van der Waals surface area contributed by atoms with Gasteiger partial charge >= 0.3 is 0 Å². The molecule has 2 nitrogen and oxygen atoms in total. The second kappa shape index (κ2) is 4.55. The van der Waals surface area contributed by atoms with Gasteiger partial charge in [0.05, 0.1) is 11.4 Å². The van der Waals surface area contributed by atoms with E-state index in [1.807, 2.05) is 6.07 Å². The van der Waals surface area contributed by atoms with Crippen LogP contribution in [0.4, 0.5) is 15.8 Å². The van der Waals surface area contributed by atoms with Gasteiger partial charge in [0.2, 0.25) is 0 Å². The van der Waals surface area contributed by atoms with Gasteiger partial charge in [0, 0.05) is 5.54 Å². The number of rotatable bonds is 2. The van der Waals surface area contributed by atoms with Crippen molar-refractivity contribution in [1.29, 1.82) is 0 Å². The quantitative estimate of drug-likeness (QED) is 0.765. The molecule has 1 aliphatic rings. The highest BCUT2D eigenvalue weighted by molar-refractivity contribution is 5.68. The highest BCUT2D eigenvalue weighted by Crippen LogP contribution is 2.33. The fourth-order valence-electron chi connectivity index (χ4n) is 2.59. The van der Waals surface area contributed by atoms with Crippen molar-refractivity contribution in [3.05, 3.63) is 23.5 Å². The van der Waals surface area contributed by atoms with Crippen molar-refractivity contribution in [3.63, 3.8) is 0 Å². The van der Waals surface area contributed by atoms with Gasteiger partial charge in [-0.25, -0.2) is 4.39 Å². The van der Waals surface area contributed by atoms with Crippen molar-refractivity contribution in [1.82, 2.24) is 0 Å². The first-order valence-electron chi connectivity index (χ1n) is 6.34. The molecule has 0 spiro atoms. The number of nitrogens with two attached hydrogens (primary N) is 1. The summed E-state index contributed by atoms with van der Waals surface area (Å²) in [6, 6.07) is 3.22. The summed E-state index contributed by atoms with van der Waals surface area (Å²) in [5, 5.41) is 3.50. The Bertz CT molecular complexity index is 409. The van der Waals surface area contributed by atoms with E-state index in [2.05, 4.69) is 12.2 Å². The molecule has 1 aromatic carbocycles. The van der Waals surface area contributed by atoms with Crippen LogP contribution in [0.25, 0.3) is 0 Å². The van der Waals surface area contributed by atoms with Crippen LogP contribution < -0.4 is 11.1 Å². The normalized spacial score (nSPS) is 19.0. The monoisotopic (exact) mass is 236 g/mol. The molecule has 0 heterocycles. The van der Waals surface area contributed by atoms with Crippen molar-refractivity contribution in [2.45, 2.75) is 51.5 Å². The number of hydrogen-bond donors (Lipinski definition) is 2. The lowest BCUT2D eigenvalue weighted by molar-refractivity contribution is 0.349. The number of benzene rings is 1. The Morgan fingerprint density at radius 1 is 1.24 bits per heavy atom. The number of anilines is 2. The minimum absolute atomic E-state index is 0.108. The van der Waals surface area contributed by atoms with Gasteiger partial charge in [-0.05, 0) is 44.4 Å². The topological polar surface area (TPSA) is 38.0 Å². The molecule has 17 heavy (non-hydrogen) atoms. The lowest BCUT2D eigenvalue weighted by Crippen LogP contribution is -2.37. The van der Waals surface area contributed by atoms with Gasteiger partial charge < -0.3 is 11.1 Å². The minimum Gasteiger partial charge on any atom is -0.397 e. The van der Waals surface area contributed by atoms with Crippen LogP contribution in [-0.4, -0.2) is 5.54 Å². The van der Waals surface area contributed by atoms with E-state index in [4.69, 9.17) is 5.73 Å². The first-order valence-corrected chi connectivity index (χ1v) is 6.34. The zero-order valence-electron chi connectivity index (χ0n) is 10.6. The number of aryl methyl sites for hydroxylation is 1. The second-order valence-corrected chi connectivity index (χ2v) is 5.43. The predicted octanol–water partition coefficient (Wildman–Crippen LogP) is 3.85. The fraction of sp³-hybridized carbons (Fsp3) is 0.571. The zero-order valence-corrected chi connectivity index (χ0v) is 10.6. The van der Waals surface area contributed by atoms with E-state index in [9.17, 15) is 4.39 Å². The van der Waals surface area contributed by atoms with Crippen LogP contribution in [0.1, 0.15) is 44.6 Å². The molecule has 0 amide bonds. The van der Waals surface area contributed by atoms with Gasteiger partial charge in [-0.2, -0.15) is 0 Å². The number of hydrogen-bond acceptors (Lipinski definition) is 2. The molecule has 0 bridgehead atoms. The number of nitrogen functional groups attached to an aromatic ring is 1. The summed E-state index contributed by atoms with van der Waals surface area (Å²) in [4.78, 5) is 0. The van der Waals surface area contributed by atoms with Crippen molar-refractivity contribution >= 4 is 11.4 Å². The highest BCUT2D eigenvalue weighted by atomic mass is 19.1. The second-order valence-electron chi connectivity index (χ2n) is 5.43. The SMILES string of the molecule is Cc1cc(NC2(C)CCCCC2)c(N)cc1F. The van der Waals surface area contributed by atoms with E-state index >= 15 is 0 Å². The molecule has 1 aromatic rings. The highest BCUT2D eigenvalue weighted by Gasteiger charge is 2.27. The molecule has 1 aliphatic carbocycles. The standard InChI is InChI=1S/C14H21FN2/c1-10-8-13(12(16)9-11(10)15)17-14(2)6-4-3-5-7-14/h8-9,17H,3-7,16H2,1-2H3.